The van der Waals surface area contributed by atoms with Gasteiger partial charge in [0.2, 0.25) is 5.16 Å². The molecule has 1 aliphatic carbocycles. The lowest BCUT2D eigenvalue weighted by Crippen LogP contribution is -2.50. The minimum absolute atomic E-state index is 0.279. The van der Waals surface area contributed by atoms with Gasteiger partial charge in [0, 0.05) is 43.4 Å². The van der Waals surface area contributed by atoms with Crippen molar-refractivity contribution < 1.29 is 13.7 Å². The van der Waals surface area contributed by atoms with Crippen molar-refractivity contribution in [3.05, 3.63) is 40.7 Å². The summed E-state index contributed by atoms with van der Waals surface area (Å²) in [4.78, 5) is 26.3. The Morgan fingerprint density at radius 1 is 1.15 bits per heavy atom. The maximum Gasteiger partial charge on any atom is 0.410 e. The van der Waals surface area contributed by atoms with Crippen molar-refractivity contribution in [2.75, 3.05) is 37.3 Å². The molecule has 5 rings (SSSR count). The van der Waals surface area contributed by atoms with Crippen LogP contribution >= 0.6 is 28.4 Å². The standard InChI is InChI=1S/C27H36IN6O3PS/c1-16-7-8-22-20(15-29-34(22)38-28)23(16)18-14-21-19(13-17(18)2)24(31-25(30-21)39(6)36)32-9-11-33(12-10-32)26(35)37-27(3,4)5/h7-8,15,17-18,38H,9-14H2,1-6H3. The first kappa shape index (κ1) is 28.7. The molecule has 0 spiro atoms. The molecular formula is C27H36IN6O3PS. The van der Waals surface area contributed by atoms with E-state index in [9.17, 15) is 9.00 Å². The van der Waals surface area contributed by atoms with E-state index >= 15 is 0 Å². The van der Waals surface area contributed by atoms with Gasteiger partial charge in [-0.1, -0.05) is 13.0 Å². The second-order valence-corrected chi connectivity index (χ2v) is 14.8. The summed E-state index contributed by atoms with van der Waals surface area (Å²) >= 11 is 2.37. The van der Waals surface area contributed by atoms with Crippen LogP contribution < -0.4 is 4.90 Å². The number of hydrogen-bond donors (Lipinski definition) is 0. The molecule has 1 aliphatic heterocycles. The van der Waals surface area contributed by atoms with Gasteiger partial charge in [0.05, 0.1) is 34.6 Å². The molecule has 2 aromatic heterocycles. The predicted octanol–water partition coefficient (Wildman–Crippen LogP) is 5.24. The maximum absolute atomic E-state index is 12.6. The average molecular weight is 683 g/mol. The first-order valence-corrected chi connectivity index (χ1v) is 18.9. The van der Waals surface area contributed by atoms with Gasteiger partial charge in [-0.15, -0.1) is 0 Å². The summed E-state index contributed by atoms with van der Waals surface area (Å²) in [6, 6.07) is 4.38. The topological polar surface area (TPSA) is 93.5 Å². The fourth-order valence-electron chi connectivity index (χ4n) is 5.74. The molecule has 0 radical (unpaired) electrons. The van der Waals surface area contributed by atoms with Crippen molar-refractivity contribution in [2.24, 2.45) is 5.92 Å². The number of carbonyl (C=O) groups is 1. The number of anilines is 1. The summed E-state index contributed by atoms with van der Waals surface area (Å²) < 4.78 is 20.2. The number of carbonyl (C=O) groups excluding carboxylic acids is 1. The number of halogens is 1. The van der Waals surface area contributed by atoms with Crippen molar-refractivity contribution in [3.8, 4) is 0 Å². The monoisotopic (exact) mass is 682 g/mol. The van der Waals surface area contributed by atoms with Gasteiger partial charge in [0.15, 0.2) is 0 Å². The molecule has 0 bridgehead atoms. The van der Waals surface area contributed by atoms with E-state index in [0.717, 1.165) is 29.9 Å². The minimum Gasteiger partial charge on any atom is -0.444 e. The summed E-state index contributed by atoms with van der Waals surface area (Å²) in [5.74, 6) is 1.52. The number of aryl methyl sites for hydroxylation is 1. The number of benzene rings is 1. The Kier molecular flexibility index (Phi) is 8.23. The molecule has 1 fully saturated rings. The third-order valence-electron chi connectivity index (χ3n) is 7.63. The van der Waals surface area contributed by atoms with Crippen molar-refractivity contribution in [1.29, 1.82) is 0 Å². The fourth-order valence-corrected chi connectivity index (χ4v) is 7.74. The number of hydrogen-bond acceptors (Lipinski definition) is 7. The van der Waals surface area contributed by atoms with Crippen LogP contribution in [0.4, 0.5) is 10.6 Å². The van der Waals surface area contributed by atoms with E-state index < -0.39 is 16.4 Å². The first-order valence-electron chi connectivity index (χ1n) is 13.3. The fraction of sp³-hybridized carbons (Fsp3) is 0.556. The molecule has 210 valence electrons. The van der Waals surface area contributed by atoms with Gasteiger partial charge in [-0.2, -0.15) is 5.10 Å². The summed E-state index contributed by atoms with van der Waals surface area (Å²) in [5.41, 5.74) is 5.39. The molecular weight excluding hydrogens is 646 g/mol. The highest BCUT2D eigenvalue weighted by atomic mass is 127. The molecule has 0 saturated carbocycles. The van der Waals surface area contributed by atoms with E-state index in [4.69, 9.17) is 14.7 Å². The average Bonchev–Trinajstić information content (AvgIpc) is 3.30. The smallest absolute Gasteiger partial charge is 0.410 e. The Morgan fingerprint density at radius 3 is 2.51 bits per heavy atom. The molecule has 1 amide bonds. The normalized spacial score (nSPS) is 21.0. The second-order valence-electron chi connectivity index (χ2n) is 11.5. The second kappa shape index (κ2) is 11.2. The largest absolute Gasteiger partial charge is 0.444 e. The van der Waals surface area contributed by atoms with Gasteiger partial charge in [-0.25, -0.2) is 19.2 Å². The number of fused-ring (bicyclic) bond motifs is 2. The molecule has 1 aromatic carbocycles. The molecule has 12 heteroatoms. The number of piperazine rings is 1. The Labute approximate surface area is 247 Å². The van der Waals surface area contributed by atoms with Crippen LogP contribution in [-0.4, -0.2) is 72.8 Å². The van der Waals surface area contributed by atoms with Crippen molar-refractivity contribution in [1.82, 2.24) is 24.4 Å². The Balaban J connectivity index is 1.46. The van der Waals surface area contributed by atoms with E-state index in [1.807, 2.05) is 27.0 Å². The SMILES string of the molecule is Cc1ccc2c(cnn2PI)c1C1Cc2nc(S(C)=O)nc(N3CCN(C(=O)OC(C)(C)C)CC3)c2CC1C. The van der Waals surface area contributed by atoms with Crippen LogP contribution in [0.1, 0.15) is 56.0 Å². The molecule has 1 saturated heterocycles. The van der Waals surface area contributed by atoms with Crippen LogP contribution in [-0.2, 0) is 28.4 Å². The highest BCUT2D eigenvalue weighted by Gasteiger charge is 2.35. The van der Waals surface area contributed by atoms with Gasteiger partial charge in [-0.05, 0) is 91.6 Å². The van der Waals surface area contributed by atoms with Gasteiger partial charge >= 0.3 is 6.09 Å². The lowest BCUT2D eigenvalue weighted by atomic mass is 9.73. The van der Waals surface area contributed by atoms with Gasteiger partial charge in [-0.3, -0.25) is 4.21 Å². The Morgan fingerprint density at radius 2 is 1.87 bits per heavy atom. The van der Waals surface area contributed by atoms with Crippen LogP contribution in [0.5, 0.6) is 0 Å². The lowest BCUT2D eigenvalue weighted by Gasteiger charge is -2.39. The molecule has 3 heterocycles. The van der Waals surface area contributed by atoms with Crippen molar-refractivity contribution in [3.63, 3.8) is 0 Å². The Bertz CT molecular complexity index is 1430. The quantitative estimate of drug-likeness (QED) is 0.211. The van der Waals surface area contributed by atoms with Gasteiger partial charge in [0.25, 0.3) is 0 Å². The van der Waals surface area contributed by atoms with Crippen LogP contribution in [0.25, 0.3) is 10.9 Å². The van der Waals surface area contributed by atoms with Gasteiger partial charge < -0.3 is 14.5 Å². The first-order chi connectivity index (χ1) is 18.5. The van der Waals surface area contributed by atoms with Crippen LogP contribution in [0, 0.1) is 12.8 Å². The van der Waals surface area contributed by atoms with E-state index in [2.05, 4.69) is 62.5 Å². The third-order valence-corrected chi connectivity index (χ3v) is 10.2. The number of nitrogens with zero attached hydrogens (tertiary/aromatic N) is 6. The van der Waals surface area contributed by atoms with Crippen LogP contribution in [0.15, 0.2) is 23.5 Å². The van der Waals surface area contributed by atoms with E-state index in [1.165, 1.54) is 22.0 Å². The highest BCUT2D eigenvalue weighted by molar-refractivity contribution is 14.2. The molecule has 4 atom stereocenters. The summed E-state index contributed by atoms with van der Waals surface area (Å²) in [6.45, 7) is 12.5. The van der Waals surface area contributed by atoms with E-state index in [-0.39, 0.29) is 12.0 Å². The zero-order valence-corrected chi connectivity index (χ0v) is 27.3. The van der Waals surface area contributed by atoms with Crippen LogP contribution in [0.2, 0.25) is 0 Å². The number of rotatable bonds is 4. The Hall–Kier alpha value is -1.85. The zero-order valence-electron chi connectivity index (χ0n) is 23.3. The third kappa shape index (κ3) is 5.81. The van der Waals surface area contributed by atoms with E-state index in [1.54, 1.807) is 11.2 Å². The van der Waals surface area contributed by atoms with E-state index in [0.29, 0.717) is 43.6 Å². The lowest BCUT2D eigenvalue weighted by molar-refractivity contribution is 0.0240. The molecule has 39 heavy (non-hydrogen) atoms. The van der Waals surface area contributed by atoms with Gasteiger partial charge in [0.1, 0.15) is 11.4 Å². The number of amides is 1. The summed E-state index contributed by atoms with van der Waals surface area (Å²) in [5, 5.41) is 6.23. The highest BCUT2D eigenvalue weighted by Crippen LogP contribution is 2.43. The summed E-state index contributed by atoms with van der Waals surface area (Å²) in [6.07, 6.45) is 5.52. The molecule has 4 unspecified atom stereocenters. The van der Waals surface area contributed by atoms with Crippen molar-refractivity contribution in [2.45, 2.75) is 64.1 Å². The molecule has 2 aliphatic rings. The van der Waals surface area contributed by atoms with Crippen LogP contribution in [0.3, 0.4) is 0 Å². The minimum atomic E-state index is -1.30. The summed E-state index contributed by atoms with van der Waals surface area (Å²) in [7, 11) is -1.30. The number of ether oxygens (including phenoxy) is 1. The predicted molar refractivity (Wildman–Crippen MR) is 166 cm³/mol. The maximum atomic E-state index is 12.6. The molecule has 0 N–H and O–H groups in total. The molecule has 3 aromatic rings. The van der Waals surface area contributed by atoms with Crippen molar-refractivity contribution >= 4 is 62.0 Å². The molecule has 9 nitrogen and oxygen atoms in total. The zero-order chi connectivity index (χ0) is 28.1. The number of aromatic nitrogens is 4.